The Morgan fingerprint density at radius 1 is 0.958 bits per heavy atom. The maximum absolute atomic E-state index is 11.6. The smallest absolute Gasteiger partial charge is 0.507 e. The molecule has 0 aliphatic heterocycles. The number of ether oxygens (including phenoxy) is 2. The minimum atomic E-state index is -0.750. The molecule has 0 heterocycles. The number of phenolic OH excluding ortho intramolecular Hbond substituents is 1. The molecule has 2 rings (SSSR count). The first-order chi connectivity index (χ1) is 11.2. The highest BCUT2D eigenvalue weighted by molar-refractivity contribution is 5.66. The van der Waals surface area contributed by atoms with Gasteiger partial charge in [0.1, 0.15) is 11.5 Å². The van der Waals surface area contributed by atoms with Crippen LogP contribution in [0.5, 0.6) is 11.5 Å². The second-order valence-electron chi connectivity index (χ2n) is 6.30. The molecule has 128 valence electrons. The minimum absolute atomic E-state index is 0.137. The Labute approximate surface area is 143 Å². The highest BCUT2D eigenvalue weighted by Gasteiger charge is 2.22. The Bertz CT molecular complexity index is 778. The highest BCUT2D eigenvalue weighted by Crippen LogP contribution is 2.39. The quantitative estimate of drug-likeness (QED) is 0.641. The van der Waals surface area contributed by atoms with Gasteiger partial charge >= 0.3 is 6.16 Å². The summed E-state index contributed by atoms with van der Waals surface area (Å²) in [4.78, 5) is 11.6. The molecule has 0 aromatic heterocycles. The van der Waals surface area contributed by atoms with Crippen molar-refractivity contribution >= 4 is 6.16 Å². The molecule has 1 atom stereocenters. The second-order valence-corrected chi connectivity index (χ2v) is 6.30. The van der Waals surface area contributed by atoms with Crippen molar-refractivity contribution in [3.63, 3.8) is 0 Å². The predicted molar refractivity (Wildman–Crippen MR) is 94.0 cm³/mol. The van der Waals surface area contributed by atoms with Crippen LogP contribution in [0.1, 0.15) is 46.2 Å². The SMILES string of the molecule is COC(=O)Oc1c(C)cc(C)cc1C(C)c1cc(C)cc(C)c1O. The van der Waals surface area contributed by atoms with Crippen LogP contribution < -0.4 is 4.74 Å². The monoisotopic (exact) mass is 328 g/mol. The first-order valence-electron chi connectivity index (χ1n) is 7.91. The Morgan fingerprint density at radius 3 is 2.08 bits per heavy atom. The van der Waals surface area contributed by atoms with Crippen molar-refractivity contribution in [2.75, 3.05) is 7.11 Å². The number of carbonyl (C=O) groups is 1. The zero-order valence-corrected chi connectivity index (χ0v) is 15.1. The van der Waals surface area contributed by atoms with E-state index in [0.717, 1.165) is 33.4 Å². The highest BCUT2D eigenvalue weighted by atomic mass is 16.7. The Morgan fingerprint density at radius 2 is 1.50 bits per heavy atom. The number of aromatic hydroxyl groups is 1. The van der Waals surface area contributed by atoms with Crippen LogP contribution in [0, 0.1) is 27.7 Å². The largest absolute Gasteiger partial charge is 0.513 e. The fourth-order valence-corrected chi connectivity index (χ4v) is 3.06. The van der Waals surface area contributed by atoms with Crippen LogP contribution in [0.3, 0.4) is 0 Å². The molecule has 2 aromatic rings. The van der Waals surface area contributed by atoms with Gasteiger partial charge in [-0.25, -0.2) is 4.79 Å². The van der Waals surface area contributed by atoms with Crippen LogP contribution >= 0.6 is 0 Å². The van der Waals surface area contributed by atoms with E-state index in [4.69, 9.17) is 4.74 Å². The van der Waals surface area contributed by atoms with Crippen LogP contribution in [0.15, 0.2) is 24.3 Å². The summed E-state index contributed by atoms with van der Waals surface area (Å²) >= 11 is 0. The second kappa shape index (κ2) is 6.95. The summed E-state index contributed by atoms with van der Waals surface area (Å²) in [5.74, 6) is 0.622. The standard InChI is InChI=1S/C20H24O4/c1-11-7-13(3)18(21)16(9-11)15(5)17-10-12(2)8-14(4)19(17)24-20(22)23-6/h7-10,15,21H,1-6H3. The summed E-state index contributed by atoms with van der Waals surface area (Å²) in [5.41, 5.74) is 5.48. The van der Waals surface area contributed by atoms with E-state index in [2.05, 4.69) is 4.74 Å². The van der Waals surface area contributed by atoms with Gasteiger partial charge in [0, 0.05) is 17.0 Å². The van der Waals surface area contributed by atoms with Gasteiger partial charge in [0.15, 0.2) is 0 Å². The normalized spacial score (nSPS) is 11.9. The number of carbonyl (C=O) groups excluding carboxylic acids is 1. The molecular weight excluding hydrogens is 304 g/mol. The van der Waals surface area contributed by atoms with E-state index in [1.807, 2.05) is 58.9 Å². The molecular formula is C20H24O4. The number of hydrogen-bond acceptors (Lipinski definition) is 4. The summed E-state index contributed by atoms with van der Waals surface area (Å²) in [6, 6.07) is 7.84. The van der Waals surface area contributed by atoms with Gasteiger partial charge in [-0.15, -0.1) is 0 Å². The van der Waals surface area contributed by atoms with Crippen molar-refractivity contribution in [3.05, 3.63) is 57.6 Å². The molecule has 1 N–H and O–H groups in total. The van der Waals surface area contributed by atoms with Gasteiger partial charge in [0.05, 0.1) is 7.11 Å². The molecule has 4 nitrogen and oxygen atoms in total. The van der Waals surface area contributed by atoms with Crippen molar-refractivity contribution in [2.45, 2.75) is 40.5 Å². The van der Waals surface area contributed by atoms with Crippen molar-refractivity contribution in [1.29, 1.82) is 0 Å². The lowest BCUT2D eigenvalue weighted by Crippen LogP contribution is -2.12. The van der Waals surface area contributed by atoms with E-state index in [1.54, 1.807) is 0 Å². The third-order valence-corrected chi connectivity index (χ3v) is 4.21. The molecule has 0 saturated heterocycles. The number of aryl methyl sites for hydroxylation is 4. The third kappa shape index (κ3) is 3.53. The van der Waals surface area contributed by atoms with E-state index < -0.39 is 6.16 Å². The van der Waals surface area contributed by atoms with E-state index in [-0.39, 0.29) is 11.7 Å². The number of benzene rings is 2. The maximum atomic E-state index is 11.6. The van der Waals surface area contributed by atoms with Crippen LogP contribution in [-0.2, 0) is 4.74 Å². The molecule has 4 heteroatoms. The van der Waals surface area contributed by atoms with Gasteiger partial charge in [-0.2, -0.15) is 0 Å². The van der Waals surface area contributed by atoms with Crippen LogP contribution in [0.25, 0.3) is 0 Å². The lowest BCUT2D eigenvalue weighted by molar-refractivity contribution is 0.120. The van der Waals surface area contributed by atoms with Crippen molar-refractivity contribution < 1.29 is 19.4 Å². The number of rotatable bonds is 3. The van der Waals surface area contributed by atoms with Gasteiger partial charge in [0.2, 0.25) is 0 Å². The molecule has 2 aromatic carbocycles. The van der Waals surface area contributed by atoms with Crippen molar-refractivity contribution in [2.24, 2.45) is 0 Å². The molecule has 0 aliphatic rings. The van der Waals surface area contributed by atoms with E-state index >= 15 is 0 Å². The Hall–Kier alpha value is -2.49. The summed E-state index contributed by atoms with van der Waals surface area (Å²) < 4.78 is 10.0. The predicted octanol–water partition coefficient (Wildman–Crippen LogP) is 4.92. The van der Waals surface area contributed by atoms with Crippen molar-refractivity contribution in [3.8, 4) is 11.5 Å². The summed E-state index contributed by atoms with van der Waals surface area (Å²) in [6.45, 7) is 9.75. The average Bonchev–Trinajstić information content (AvgIpc) is 2.52. The molecule has 0 bridgehead atoms. The van der Waals surface area contributed by atoms with E-state index in [1.165, 1.54) is 7.11 Å². The summed E-state index contributed by atoms with van der Waals surface area (Å²) in [5, 5.41) is 10.5. The van der Waals surface area contributed by atoms with Crippen LogP contribution in [0.4, 0.5) is 4.79 Å². The number of hydrogen-bond donors (Lipinski definition) is 1. The first kappa shape index (κ1) is 17.9. The first-order valence-corrected chi connectivity index (χ1v) is 7.91. The maximum Gasteiger partial charge on any atom is 0.513 e. The molecule has 0 spiro atoms. The van der Waals surface area contributed by atoms with Gasteiger partial charge in [-0.3, -0.25) is 0 Å². The van der Waals surface area contributed by atoms with Gasteiger partial charge < -0.3 is 14.6 Å². The zero-order chi connectivity index (χ0) is 18.0. The van der Waals surface area contributed by atoms with Crippen LogP contribution in [-0.4, -0.2) is 18.4 Å². The fourth-order valence-electron chi connectivity index (χ4n) is 3.06. The summed E-state index contributed by atoms with van der Waals surface area (Å²) in [7, 11) is 1.28. The Balaban J connectivity index is 2.60. The molecule has 0 aliphatic carbocycles. The minimum Gasteiger partial charge on any atom is -0.507 e. The van der Waals surface area contributed by atoms with Gasteiger partial charge in [-0.1, -0.05) is 42.3 Å². The molecule has 1 unspecified atom stereocenters. The van der Waals surface area contributed by atoms with Crippen LogP contribution in [0.2, 0.25) is 0 Å². The molecule has 0 amide bonds. The van der Waals surface area contributed by atoms with E-state index in [0.29, 0.717) is 5.75 Å². The molecule has 24 heavy (non-hydrogen) atoms. The topological polar surface area (TPSA) is 55.8 Å². The Kier molecular flexibility index (Phi) is 5.17. The van der Waals surface area contributed by atoms with E-state index in [9.17, 15) is 9.90 Å². The van der Waals surface area contributed by atoms with Gasteiger partial charge in [-0.05, 0) is 38.8 Å². The lowest BCUT2D eigenvalue weighted by atomic mass is 9.87. The summed E-state index contributed by atoms with van der Waals surface area (Å²) in [6.07, 6.45) is -0.750. The lowest BCUT2D eigenvalue weighted by Gasteiger charge is -2.21. The fraction of sp³-hybridized carbons (Fsp3) is 0.350. The molecule has 0 saturated carbocycles. The zero-order valence-electron chi connectivity index (χ0n) is 15.1. The molecule has 0 radical (unpaired) electrons. The number of methoxy groups -OCH3 is 1. The van der Waals surface area contributed by atoms with Crippen molar-refractivity contribution in [1.82, 2.24) is 0 Å². The number of phenols is 1. The molecule has 0 fully saturated rings. The van der Waals surface area contributed by atoms with Gasteiger partial charge in [0.25, 0.3) is 0 Å². The third-order valence-electron chi connectivity index (χ3n) is 4.21. The average molecular weight is 328 g/mol.